The van der Waals surface area contributed by atoms with E-state index in [4.69, 9.17) is 10.4 Å². The van der Waals surface area contributed by atoms with Crippen molar-refractivity contribution in [1.82, 2.24) is 5.32 Å². The Morgan fingerprint density at radius 1 is 1.48 bits per heavy atom. The molecular formula is C14H16FN3O3. The van der Waals surface area contributed by atoms with Crippen LogP contribution < -0.4 is 10.6 Å². The molecule has 2 atom stereocenters. The summed E-state index contributed by atoms with van der Waals surface area (Å²) in [5, 5.41) is 22.5. The summed E-state index contributed by atoms with van der Waals surface area (Å²) in [6.45, 7) is 3.50. The molecule has 0 aliphatic heterocycles. The van der Waals surface area contributed by atoms with Gasteiger partial charge in [0.15, 0.2) is 0 Å². The number of urea groups is 1. The van der Waals surface area contributed by atoms with E-state index in [1.807, 2.05) is 0 Å². The van der Waals surface area contributed by atoms with E-state index in [9.17, 15) is 14.0 Å². The number of hydrogen-bond acceptors (Lipinski definition) is 3. The highest BCUT2D eigenvalue weighted by Gasteiger charge is 2.25. The maximum Gasteiger partial charge on any atom is 0.326 e. The standard InChI is InChI=1S/C14H16FN3O3/c1-3-8(2)12(13(19)20)18-14(21)17-11-6-4-5-10(15)9(11)7-16/h4-6,8,12H,3H2,1-2H3,(H,19,20)(H2,17,18,21)/t8?,12-/m0/s1. The number of aliphatic carboxylic acids is 1. The lowest BCUT2D eigenvalue weighted by molar-refractivity contribution is -0.140. The van der Waals surface area contributed by atoms with Crippen LogP contribution in [0.5, 0.6) is 0 Å². The van der Waals surface area contributed by atoms with Crippen molar-refractivity contribution in [3.8, 4) is 6.07 Å². The third-order valence-corrected chi connectivity index (χ3v) is 3.14. The monoisotopic (exact) mass is 293 g/mol. The summed E-state index contributed by atoms with van der Waals surface area (Å²) >= 11 is 0. The predicted molar refractivity (Wildman–Crippen MR) is 74.1 cm³/mol. The molecule has 0 bridgehead atoms. The average molecular weight is 293 g/mol. The smallest absolute Gasteiger partial charge is 0.326 e. The van der Waals surface area contributed by atoms with Gasteiger partial charge in [-0.15, -0.1) is 0 Å². The molecule has 0 spiro atoms. The molecule has 0 aliphatic carbocycles. The molecule has 1 aromatic carbocycles. The van der Waals surface area contributed by atoms with Crippen LogP contribution in [0.2, 0.25) is 0 Å². The van der Waals surface area contributed by atoms with E-state index in [0.29, 0.717) is 6.42 Å². The minimum atomic E-state index is -1.15. The van der Waals surface area contributed by atoms with Crippen LogP contribution in [0.15, 0.2) is 18.2 Å². The summed E-state index contributed by atoms with van der Waals surface area (Å²) < 4.78 is 13.4. The lowest BCUT2D eigenvalue weighted by Gasteiger charge is -2.20. The molecular weight excluding hydrogens is 277 g/mol. The highest BCUT2D eigenvalue weighted by atomic mass is 19.1. The predicted octanol–water partition coefficient (Wildman–Crippen LogP) is 2.32. The van der Waals surface area contributed by atoms with Gasteiger partial charge in [-0.3, -0.25) is 0 Å². The molecule has 0 fully saturated rings. The van der Waals surface area contributed by atoms with E-state index in [2.05, 4.69) is 10.6 Å². The van der Waals surface area contributed by atoms with Crippen molar-refractivity contribution in [2.24, 2.45) is 5.92 Å². The molecule has 112 valence electrons. The van der Waals surface area contributed by atoms with Crippen LogP contribution in [0.3, 0.4) is 0 Å². The molecule has 7 heteroatoms. The molecule has 0 radical (unpaired) electrons. The second-order valence-corrected chi connectivity index (χ2v) is 4.57. The molecule has 0 aliphatic rings. The third-order valence-electron chi connectivity index (χ3n) is 3.14. The zero-order chi connectivity index (χ0) is 16.0. The molecule has 6 nitrogen and oxygen atoms in total. The number of anilines is 1. The van der Waals surface area contributed by atoms with Crippen molar-refractivity contribution in [2.75, 3.05) is 5.32 Å². The fraction of sp³-hybridized carbons (Fsp3) is 0.357. The second kappa shape index (κ2) is 7.24. The van der Waals surface area contributed by atoms with Gasteiger partial charge in [-0.05, 0) is 18.1 Å². The number of rotatable bonds is 5. The quantitative estimate of drug-likeness (QED) is 0.775. The third kappa shape index (κ3) is 4.18. The zero-order valence-corrected chi connectivity index (χ0v) is 11.7. The van der Waals surface area contributed by atoms with Crippen molar-refractivity contribution in [2.45, 2.75) is 26.3 Å². The molecule has 0 aromatic heterocycles. The van der Waals surface area contributed by atoms with Gasteiger partial charge in [0.05, 0.1) is 5.69 Å². The van der Waals surface area contributed by atoms with Crippen molar-refractivity contribution in [1.29, 1.82) is 5.26 Å². The van der Waals surface area contributed by atoms with Crippen LogP contribution >= 0.6 is 0 Å². The summed E-state index contributed by atoms with van der Waals surface area (Å²) in [6.07, 6.45) is 0.570. The maximum absolute atomic E-state index is 13.4. The number of nitriles is 1. The Hall–Kier alpha value is -2.62. The van der Waals surface area contributed by atoms with Gasteiger partial charge in [-0.2, -0.15) is 5.26 Å². The number of nitrogens with zero attached hydrogens (tertiary/aromatic N) is 1. The maximum atomic E-state index is 13.4. The highest BCUT2D eigenvalue weighted by Crippen LogP contribution is 2.17. The summed E-state index contributed by atoms with van der Waals surface area (Å²) in [6, 6.07) is 3.59. The van der Waals surface area contributed by atoms with Gasteiger partial charge in [-0.1, -0.05) is 26.3 Å². The summed E-state index contributed by atoms with van der Waals surface area (Å²) in [7, 11) is 0. The lowest BCUT2D eigenvalue weighted by atomic mass is 9.99. The molecule has 1 unspecified atom stereocenters. The van der Waals surface area contributed by atoms with Gasteiger partial charge in [0.2, 0.25) is 0 Å². The SMILES string of the molecule is CCC(C)[C@H](NC(=O)Nc1cccc(F)c1C#N)C(=O)O. The Kier molecular flexibility index (Phi) is 5.67. The minimum absolute atomic E-state index is 0.0108. The van der Waals surface area contributed by atoms with Crippen molar-refractivity contribution in [3.05, 3.63) is 29.6 Å². The Bertz CT molecular complexity index is 583. The van der Waals surface area contributed by atoms with Crippen LogP contribution in [0.1, 0.15) is 25.8 Å². The van der Waals surface area contributed by atoms with Crippen molar-refractivity contribution < 1.29 is 19.1 Å². The Labute approximate surface area is 121 Å². The number of benzene rings is 1. The minimum Gasteiger partial charge on any atom is -0.480 e. The van der Waals surface area contributed by atoms with Crippen molar-refractivity contribution >= 4 is 17.7 Å². The number of carbonyl (C=O) groups excluding carboxylic acids is 1. The molecule has 1 rings (SSSR count). The first kappa shape index (κ1) is 16.4. The average Bonchev–Trinajstić information content (AvgIpc) is 2.44. The zero-order valence-electron chi connectivity index (χ0n) is 11.7. The molecule has 0 heterocycles. The summed E-state index contributed by atoms with van der Waals surface area (Å²) in [5.74, 6) is -2.18. The highest BCUT2D eigenvalue weighted by molar-refractivity contribution is 5.93. The number of carboxylic acids is 1. The lowest BCUT2D eigenvalue weighted by Crippen LogP contribution is -2.46. The van der Waals surface area contributed by atoms with E-state index >= 15 is 0 Å². The van der Waals surface area contributed by atoms with E-state index in [0.717, 1.165) is 6.07 Å². The fourth-order valence-electron chi connectivity index (χ4n) is 1.72. The Balaban J connectivity index is 2.85. The number of halogens is 1. The molecule has 2 amide bonds. The molecule has 0 saturated heterocycles. The first-order valence-corrected chi connectivity index (χ1v) is 6.39. The fourth-order valence-corrected chi connectivity index (χ4v) is 1.72. The largest absolute Gasteiger partial charge is 0.480 e. The van der Waals surface area contributed by atoms with E-state index in [-0.39, 0.29) is 17.2 Å². The molecule has 3 N–H and O–H groups in total. The van der Waals surface area contributed by atoms with E-state index in [1.165, 1.54) is 12.1 Å². The number of carbonyl (C=O) groups is 2. The van der Waals surface area contributed by atoms with Gasteiger partial charge in [0.25, 0.3) is 0 Å². The first-order chi connectivity index (χ1) is 9.90. The van der Waals surface area contributed by atoms with Gasteiger partial charge < -0.3 is 15.7 Å². The molecule has 1 aromatic rings. The topological polar surface area (TPSA) is 102 Å². The van der Waals surface area contributed by atoms with Crippen LogP contribution in [0, 0.1) is 23.1 Å². The molecule has 0 saturated carbocycles. The van der Waals surface area contributed by atoms with Crippen LogP contribution in [-0.4, -0.2) is 23.1 Å². The first-order valence-electron chi connectivity index (χ1n) is 6.39. The van der Waals surface area contributed by atoms with Gasteiger partial charge in [-0.25, -0.2) is 14.0 Å². The summed E-state index contributed by atoms with van der Waals surface area (Å²) in [5.41, 5.74) is -0.314. The number of nitrogens with one attached hydrogen (secondary N) is 2. The molecule has 21 heavy (non-hydrogen) atoms. The Morgan fingerprint density at radius 3 is 2.67 bits per heavy atom. The van der Waals surface area contributed by atoms with Crippen LogP contribution in [-0.2, 0) is 4.79 Å². The van der Waals surface area contributed by atoms with Gasteiger partial charge >= 0.3 is 12.0 Å². The number of amides is 2. The van der Waals surface area contributed by atoms with Crippen LogP contribution in [0.25, 0.3) is 0 Å². The van der Waals surface area contributed by atoms with Crippen LogP contribution in [0.4, 0.5) is 14.9 Å². The van der Waals surface area contributed by atoms with Gasteiger partial charge in [0.1, 0.15) is 23.5 Å². The number of hydrogen-bond donors (Lipinski definition) is 3. The second-order valence-electron chi connectivity index (χ2n) is 4.57. The van der Waals surface area contributed by atoms with Crippen molar-refractivity contribution in [3.63, 3.8) is 0 Å². The van der Waals surface area contributed by atoms with E-state index in [1.54, 1.807) is 19.9 Å². The Morgan fingerprint density at radius 2 is 2.14 bits per heavy atom. The normalized spacial score (nSPS) is 12.9. The van der Waals surface area contributed by atoms with E-state index < -0.39 is 23.9 Å². The van der Waals surface area contributed by atoms with Gasteiger partial charge in [0, 0.05) is 0 Å². The summed E-state index contributed by atoms with van der Waals surface area (Å²) in [4.78, 5) is 22.9. The number of carboxylic acid groups (broad SMARTS) is 1.